The fourth-order valence-electron chi connectivity index (χ4n) is 1.80. The Hall–Kier alpha value is -3.02. The maximum Gasteiger partial charge on any atom is 0.273 e. The van der Waals surface area contributed by atoms with Crippen LogP contribution in [0.3, 0.4) is 0 Å². The molecule has 2 amide bonds. The number of ether oxygens (including phenoxy) is 1. The first-order valence-electron chi connectivity index (χ1n) is 6.73. The third kappa shape index (κ3) is 3.76. The van der Waals surface area contributed by atoms with Gasteiger partial charge in [-0.15, -0.1) is 0 Å². The number of para-hydroxylation sites is 1. The molecule has 0 aliphatic heterocycles. The van der Waals surface area contributed by atoms with E-state index in [1.54, 1.807) is 24.3 Å². The molecule has 22 heavy (non-hydrogen) atoms. The number of aromatic hydroxyl groups is 1. The Bertz CT molecular complexity index is 668. The van der Waals surface area contributed by atoms with Gasteiger partial charge in [0.15, 0.2) is 0 Å². The number of rotatable bonds is 4. The van der Waals surface area contributed by atoms with Crippen molar-refractivity contribution in [2.24, 2.45) is 0 Å². The lowest BCUT2D eigenvalue weighted by Gasteiger charge is -2.11. The summed E-state index contributed by atoms with van der Waals surface area (Å²) in [5.74, 6) is -0.453. The number of carbonyl (C=O) groups is 2. The van der Waals surface area contributed by atoms with Gasteiger partial charge in [0.2, 0.25) is 0 Å². The summed E-state index contributed by atoms with van der Waals surface area (Å²) < 4.78 is 5.36. The number of nitrogens with one attached hydrogen (secondary N) is 2. The summed E-state index contributed by atoms with van der Waals surface area (Å²) in [6.07, 6.45) is 0. The molecule has 0 aliphatic carbocycles. The zero-order valence-electron chi connectivity index (χ0n) is 12.0. The average molecular weight is 300 g/mol. The quantitative estimate of drug-likeness (QED) is 0.752. The van der Waals surface area contributed by atoms with Gasteiger partial charge in [-0.2, -0.15) is 0 Å². The second-order valence-corrected chi connectivity index (χ2v) is 4.38. The topological polar surface area (TPSA) is 87.7 Å². The largest absolute Gasteiger partial charge is 0.508 e. The molecule has 0 spiro atoms. The Morgan fingerprint density at radius 1 is 1.00 bits per heavy atom. The second-order valence-electron chi connectivity index (χ2n) is 4.38. The van der Waals surface area contributed by atoms with Gasteiger partial charge in [-0.1, -0.05) is 12.1 Å². The molecule has 0 bridgehead atoms. The van der Waals surface area contributed by atoms with Crippen molar-refractivity contribution in [2.45, 2.75) is 6.92 Å². The van der Waals surface area contributed by atoms with Crippen LogP contribution >= 0.6 is 0 Å². The Morgan fingerprint density at radius 2 is 1.64 bits per heavy atom. The highest BCUT2D eigenvalue weighted by atomic mass is 16.5. The maximum atomic E-state index is 12.1. The third-order valence-electron chi connectivity index (χ3n) is 2.85. The van der Waals surface area contributed by atoms with Crippen LogP contribution in [0.15, 0.2) is 48.5 Å². The SMILES string of the molecule is CCOc1ccccc1C(=O)NNC(=O)c1ccc(O)cc1. The Balaban J connectivity index is 2.01. The molecule has 0 atom stereocenters. The summed E-state index contributed by atoms with van der Waals surface area (Å²) >= 11 is 0. The van der Waals surface area contributed by atoms with Crippen LogP contribution in [0.1, 0.15) is 27.6 Å². The predicted octanol–water partition coefficient (Wildman–Crippen LogP) is 1.87. The van der Waals surface area contributed by atoms with Gasteiger partial charge in [0, 0.05) is 5.56 Å². The van der Waals surface area contributed by atoms with Crippen molar-refractivity contribution in [3.8, 4) is 11.5 Å². The summed E-state index contributed by atoms with van der Waals surface area (Å²) in [5.41, 5.74) is 5.28. The Morgan fingerprint density at radius 3 is 2.32 bits per heavy atom. The van der Waals surface area contributed by atoms with E-state index in [4.69, 9.17) is 4.74 Å². The first-order valence-corrected chi connectivity index (χ1v) is 6.73. The smallest absolute Gasteiger partial charge is 0.273 e. The number of phenols is 1. The summed E-state index contributed by atoms with van der Waals surface area (Å²) in [5, 5.41) is 9.17. The molecule has 114 valence electrons. The molecule has 3 N–H and O–H groups in total. The van der Waals surface area contributed by atoms with Gasteiger partial charge in [-0.25, -0.2) is 0 Å². The van der Waals surface area contributed by atoms with Crippen LogP contribution in [-0.2, 0) is 0 Å². The molecule has 0 radical (unpaired) electrons. The van der Waals surface area contributed by atoms with Crippen molar-refractivity contribution in [3.63, 3.8) is 0 Å². The second kappa shape index (κ2) is 7.12. The van der Waals surface area contributed by atoms with Crippen LogP contribution in [0.5, 0.6) is 11.5 Å². The molecular weight excluding hydrogens is 284 g/mol. The van der Waals surface area contributed by atoms with E-state index in [1.165, 1.54) is 24.3 Å². The van der Waals surface area contributed by atoms with E-state index in [9.17, 15) is 14.7 Å². The van der Waals surface area contributed by atoms with Gasteiger partial charge in [-0.05, 0) is 43.3 Å². The molecule has 0 aromatic heterocycles. The van der Waals surface area contributed by atoms with E-state index >= 15 is 0 Å². The fourth-order valence-corrected chi connectivity index (χ4v) is 1.80. The number of carbonyl (C=O) groups excluding carboxylic acids is 2. The van der Waals surface area contributed by atoms with Crippen LogP contribution in [0.25, 0.3) is 0 Å². The van der Waals surface area contributed by atoms with Crippen molar-refractivity contribution < 1.29 is 19.4 Å². The number of amides is 2. The molecule has 6 heteroatoms. The minimum absolute atomic E-state index is 0.0613. The van der Waals surface area contributed by atoms with Gasteiger partial charge in [0.25, 0.3) is 11.8 Å². The number of hydrogen-bond acceptors (Lipinski definition) is 4. The zero-order chi connectivity index (χ0) is 15.9. The predicted molar refractivity (Wildman–Crippen MR) is 80.7 cm³/mol. The lowest BCUT2D eigenvalue weighted by molar-refractivity contribution is 0.0844. The van der Waals surface area contributed by atoms with Gasteiger partial charge < -0.3 is 9.84 Å². The molecule has 0 saturated heterocycles. The lowest BCUT2D eigenvalue weighted by Crippen LogP contribution is -2.41. The standard InChI is InChI=1S/C16H16N2O4/c1-2-22-14-6-4-3-5-13(14)16(21)18-17-15(20)11-7-9-12(19)10-8-11/h3-10,19H,2H2,1H3,(H,17,20)(H,18,21). The summed E-state index contributed by atoms with van der Waals surface area (Å²) in [7, 11) is 0. The Labute approximate surface area is 127 Å². The summed E-state index contributed by atoms with van der Waals surface area (Å²) in [4.78, 5) is 23.9. The highest BCUT2D eigenvalue weighted by Gasteiger charge is 2.13. The van der Waals surface area contributed by atoms with Gasteiger partial charge in [-0.3, -0.25) is 20.4 Å². The number of hydrazine groups is 1. The Kier molecular flexibility index (Phi) is 4.98. The van der Waals surface area contributed by atoms with Crippen molar-refractivity contribution in [3.05, 3.63) is 59.7 Å². The van der Waals surface area contributed by atoms with Gasteiger partial charge in [0.1, 0.15) is 11.5 Å². The van der Waals surface area contributed by atoms with Crippen LogP contribution in [0.2, 0.25) is 0 Å². The van der Waals surface area contributed by atoms with Gasteiger partial charge in [0.05, 0.1) is 12.2 Å². The van der Waals surface area contributed by atoms with Crippen molar-refractivity contribution in [1.29, 1.82) is 0 Å². The molecule has 0 heterocycles. The third-order valence-corrected chi connectivity index (χ3v) is 2.85. The highest BCUT2D eigenvalue weighted by molar-refractivity contribution is 6.00. The molecule has 2 rings (SSSR count). The number of benzene rings is 2. The molecular formula is C16H16N2O4. The van der Waals surface area contributed by atoms with Crippen molar-refractivity contribution in [2.75, 3.05) is 6.61 Å². The summed E-state index contributed by atoms with van der Waals surface area (Å²) in [6.45, 7) is 2.26. The maximum absolute atomic E-state index is 12.1. The van der Waals surface area contributed by atoms with E-state index in [0.717, 1.165) is 0 Å². The van der Waals surface area contributed by atoms with Crippen LogP contribution < -0.4 is 15.6 Å². The first kappa shape index (κ1) is 15.4. The zero-order valence-corrected chi connectivity index (χ0v) is 12.0. The molecule has 0 unspecified atom stereocenters. The molecule has 6 nitrogen and oxygen atoms in total. The van der Waals surface area contributed by atoms with Crippen LogP contribution in [0, 0.1) is 0 Å². The first-order chi connectivity index (χ1) is 10.6. The molecule has 2 aromatic rings. The normalized spacial score (nSPS) is 9.86. The van der Waals surface area contributed by atoms with Crippen molar-refractivity contribution in [1.82, 2.24) is 10.9 Å². The van der Waals surface area contributed by atoms with E-state index in [0.29, 0.717) is 23.5 Å². The average Bonchev–Trinajstić information content (AvgIpc) is 2.54. The van der Waals surface area contributed by atoms with E-state index in [1.807, 2.05) is 6.92 Å². The van der Waals surface area contributed by atoms with E-state index < -0.39 is 11.8 Å². The number of hydrogen-bond donors (Lipinski definition) is 3. The molecule has 0 fully saturated rings. The molecule has 0 saturated carbocycles. The van der Waals surface area contributed by atoms with E-state index in [2.05, 4.69) is 10.9 Å². The van der Waals surface area contributed by atoms with E-state index in [-0.39, 0.29) is 5.75 Å². The monoisotopic (exact) mass is 300 g/mol. The summed E-state index contributed by atoms with van der Waals surface area (Å²) in [6, 6.07) is 12.4. The molecule has 2 aromatic carbocycles. The van der Waals surface area contributed by atoms with Crippen LogP contribution in [0.4, 0.5) is 0 Å². The lowest BCUT2D eigenvalue weighted by atomic mass is 10.2. The highest BCUT2D eigenvalue weighted by Crippen LogP contribution is 2.17. The van der Waals surface area contributed by atoms with Crippen LogP contribution in [-0.4, -0.2) is 23.5 Å². The minimum atomic E-state index is -0.484. The molecule has 0 aliphatic rings. The minimum Gasteiger partial charge on any atom is -0.508 e. The van der Waals surface area contributed by atoms with Gasteiger partial charge >= 0.3 is 0 Å². The van der Waals surface area contributed by atoms with Crippen molar-refractivity contribution >= 4 is 11.8 Å². The number of phenolic OH excluding ortho intramolecular Hbond substituents is 1. The fraction of sp³-hybridized carbons (Fsp3) is 0.125.